The van der Waals surface area contributed by atoms with Crippen LogP contribution in [0.25, 0.3) is 0 Å². The lowest BCUT2D eigenvalue weighted by Crippen LogP contribution is -2.49. The van der Waals surface area contributed by atoms with E-state index in [1.54, 1.807) is 18.3 Å². The van der Waals surface area contributed by atoms with Crippen LogP contribution in [-0.4, -0.2) is 57.2 Å². The Balaban J connectivity index is 2.30. The molecule has 0 N–H and O–H groups in total. The van der Waals surface area contributed by atoms with Crippen LogP contribution in [0.5, 0.6) is 5.75 Å². The van der Waals surface area contributed by atoms with Crippen molar-refractivity contribution in [3.63, 3.8) is 0 Å². The summed E-state index contributed by atoms with van der Waals surface area (Å²) in [6.07, 6.45) is 0. The average molecular weight is 298 g/mol. The first-order chi connectivity index (χ1) is 9.49. The molecule has 0 unspecified atom stereocenters. The van der Waals surface area contributed by atoms with E-state index in [9.17, 15) is 8.42 Å². The summed E-state index contributed by atoms with van der Waals surface area (Å²) in [5.41, 5.74) is 1.04. The van der Waals surface area contributed by atoms with Crippen LogP contribution in [0.3, 0.4) is 0 Å². The topological polar surface area (TPSA) is 49.9 Å². The number of hydrogen-bond acceptors (Lipinski definition) is 4. The number of para-hydroxylation sites is 1. The van der Waals surface area contributed by atoms with Gasteiger partial charge in [-0.05, 0) is 20.0 Å². The molecule has 0 amide bonds. The summed E-state index contributed by atoms with van der Waals surface area (Å²) in [6.45, 7) is 3.44. The van der Waals surface area contributed by atoms with Gasteiger partial charge in [0.05, 0.1) is 18.9 Å². The number of hydrogen-bond donors (Lipinski definition) is 0. The van der Waals surface area contributed by atoms with Crippen molar-refractivity contribution in [2.45, 2.75) is 13.0 Å². The molecular formula is C14H22N2O3S. The van der Waals surface area contributed by atoms with Gasteiger partial charge in [-0.15, -0.1) is 0 Å². The molecule has 0 radical (unpaired) electrons. The summed E-state index contributed by atoms with van der Waals surface area (Å²) in [7, 11) is 0.523. The van der Waals surface area contributed by atoms with Crippen LogP contribution in [0.1, 0.15) is 18.5 Å². The summed E-state index contributed by atoms with van der Waals surface area (Å²) >= 11 is 0. The molecule has 1 aromatic rings. The molecule has 0 saturated carbocycles. The Morgan fingerprint density at radius 3 is 2.65 bits per heavy atom. The van der Waals surface area contributed by atoms with E-state index in [1.165, 1.54) is 0 Å². The number of sulfonamides is 1. The molecule has 5 nitrogen and oxygen atoms in total. The Morgan fingerprint density at radius 2 is 2.00 bits per heavy atom. The summed E-state index contributed by atoms with van der Waals surface area (Å²) in [6, 6.07) is 7.82. The minimum absolute atomic E-state index is 0.0289. The molecule has 1 aromatic carbocycles. The number of methoxy groups -OCH3 is 1. The third kappa shape index (κ3) is 2.97. The van der Waals surface area contributed by atoms with Crippen LogP contribution in [0.15, 0.2) is 24.3 Å². The van der Waals surface area contributed by atoms with E-state index in [1.807, 2.05) is 31.3 Å². The van der Waals surface area contributed by atoms with Gasteiger partial charge in [0.1, 0.15) is 5.75 Å². The third-order valence-electron chi connectivity index (χ3n) is 3.87. The quantitative estimate of drug-likeness (QED) is 0.841. The van der Waals surface area contributed by atoms with E-state index >= 15 is 0 Å². The lowest BCUT2D eigenvalue weighted by molar-refractivity contribution is 0.146. The van der Waals surface area contributed by atoms with Gasteiger partial charge in [0.15, 0.2) is 0 Å². The van der Waals surface area contributed by atoms with E-state index in [2.05, 4.69) is 4.90 Å². The van der Waals surface area contributed by atoms with Crippen molar-refractivity contribution in [2.24, 2.45) is 0 Å². The third-order valence-corrected chi connectivity index (χ3v) is 5.71. The fraction of sp³-hybridized carbons (Fsp3) is 0.571. The zero-order chi connectivity index (χ0) is 14.8. The molecule has 1 aliphatic rings. The number of likely N-dealkylation sites (N-methyl/N-ethyl adjacent to an activating group) is 1. The summed E-state index contributed by atoms with van der Waals surface area (Å²) in [5, 5.41) is 0. The largest absolute Gasteiger partial charge is 0.496 e. The number of rotatable bonds is 4. The molecule has 0 aromatic heterocycles. The first kappa shape index (κ1) is 15.3. The van der Waals surface area contributed by atoms with Gasteiger partial charge in [0.25, 0.3) is 0 Å². The normalized spacial score (nSPS) is 21.9. The van der Waals surface area contributed by atoms with Gasteiger partial charge in [-0.3, -0.25) is 4.90 Å². The summed E-state index contributed by atoms with van der Waals surface area (Å²) in [5.74, 6) is 0.954. The lowest BCUT2D eigenvalue weighted by Gasteiger charge is -2.39. The second kappa shape index (κ2) is 6.11. The molecule has 1 atom stereocenters. The minimum atomic E-state index is -3.14. The molecular weight excluding hydrogens is 276 g/mol. The highest BCUT2D eigenvalue weighted by atomic mass is 32.2. The van der Waals surface area contributed by atoms with Crippen LogP contribution in [-0.2, 0) is 10.0 Å². The smallest absolute Gasteiger partial charge is 0.213 e. The Morgan fingerprint density at radius 1 is 1.30 bits per heavy atom. The maximum atomic E-state index is 12.1. The maximum absolute atomic E-state index is 12.1. The van der Waals surface area contributed by atoms with Crippen LogP contribution >= 0.6 is 0 Å². The molecule has 1 fully saturated rings. The van der Waals surface area contributed by atoms with Crippen molar-refractivity contribution < 1.29 is 13.2 Å². The molecule has 0 bridgehead atoms. The van der Waals surface area contributed by atoms with E-state index in [0.717, 1.165) is 17.9 Å². The number of piperazine rings is 1. The number of nitrogens with zero attached hydrogens (tertiary/aromatic N) is 2. The average Bonchev–Trinajstić information content (AvgIpc) is 2.47. The fourth-order valence-corrected chi connectivity index (χ4v) is 3.65. The van der Waals surface area contributed by atoms with E-state index < -0.39 is 10.0 Å². The number of benzene rings is 1. The van der Waals surface area contributed by atoms with Gasteiger partial charge >= 0.3 is 0 Å². The van der Waals surface area contributed by atoms with Gasteiger partial charge < -0.3 is 4.74 Å². The van der Waals surface area contributed by atoms with Crippen molar-refractivity contribution in [3.8, 4) is 5.75 Å². The van der Waals surface area contributed by atoms with Crippen LogP contribution < -0.4 is 4.74 Å². The highest BCUT2D eigenvalue weighted by Gasteiger charge is 2.32. The van der Waals surface area contributed by atoms with E-state index in [0.29, 0.717) is 13.1 Å². The Bertz CT molecular complexity index is 559. The Kier molecular flexibility index (Phi) is 4.67. The molecule has 0 aliphatic carbocycles. The van der Waals surface area contributed by atoms with Gasteiger partial charge in [0.2, 0.25) is 10.0 Å². The second-order valence-electron chi connectivity index (χ2n) is 5.00. The highest BCUT2D eigenvalue weighted by Crippen LogP contribution is 2.31. The summed E-state index contributed by atoms with van der Waals surface area (Å²) < 4.78 is 31.1. The van der Waals surface area contributed by atoms with E-state index in [4.69, 9.17) is 4.74 Å². The Hall–Kier alpha value is -1.11. The first-order valence-corrected chi connectivity index (χ1v) is 8.41. The molecule has 112 valence electrons. The van der Waals surface area contributed by atoms with Crippen LogP contribution in [0, 0.1) is 0 Å². The first-order valence-electron chi connectivity index (χ1n) is 6.80. The van der Waals surface area contributed by atoms with Crippen molar-refractivity contribution in [3.05, 3.63) is 29.8 Å². The Labute approximate surface area is 121 Å². The fourth-order valence-electron chi connectivity index (χ4n) is 2.56. The van der Waals surface area contributed by atoms with Gasteiger partial charge in [-0.2, -0.15) is 4.31 Å². The molecule has 2 rings (SSSR count). The maximum Gasteiger partial charge on any atom is 0.213 e. The lowest BCUT2D eigenvalue weighted by atomic mass is 10.0. The molecule has 1 saturated heterocycles. The van der Waals surface area contributed by atoms with Crippen LogP contribution in [0.4, 0.5) is 0 Å². The monoisotopic (exact) mass is 298 g/mol. The number of ether oxygens (including phenoxy) is 1. The van der Waals surface area contributed by atoms with Crippen LogP contribution in [0.2, 0.25) is 0 Å². The zero-order valence-corrected chi connectivity index (χ0v) is 13.1. The van der Waals surface area contributed by atoms with Crippen molar-refractivity contribution in [2.75, 3.05) is 39.5 Å². The molecule has 0 spiro atoms. The molecule has 20 heavy (non-hydrogen) atoms. The van der Waals surface area contributed by atoms with Crippen molar-refractivity contribution in [1.29, 1.82) is 0 Å². The van der Waals surface area contributed by atoms with Crippen molar-refractivity contribution >= 4 is 10.0 Å². The molecule has 6 heteroatoms. The predicted octanol–water partition coefficient (Wildman–Crippen LogP) is 1.33. The zero-order valence-electron chi connectivity index (χ0n) is 12.2. The SMILES string of the molecule is CCS(=O)(=O)N1CCN(C)[C@@H](c2ccccc2OC)C1. The summed E-state index contributed by atoms with van der Waals surface area (Å²) in [4.78, 5) is 2.18. The molecule has 1 heterocycles. The predicted molar refractivity (Wildman–Crippen MR) is 79.4 cm³/mol. The second-order valence-corrected chi connectivity index (χ2v) is 7.25. The minimum Gasteiger partial charge on any atom is -0.496 e. The van der Waals surface area contributed by atoms with E-state index in [-0.39, 0.29) is 11.8 Å². The van der Waals surface area contributed by atoms with Gasteiger partial charge in [-0.25, -0.2) is 8.42 Å². The molecule has 1 aliphatic heterocycles. The standard InChI is InChI=1S/C14H22N2O3S/c1-4-20(17,18)16-10-9-15(2)13(11-16)12-7-5-6-8-14(12)19-3/h5-8,13H,4,9-11H2,1-3H3/t13-/m1/s1. The van der Waals surface area contributed by atoms with Gasteiger partial charge in [-0.1, -0.05) is 18.2 Å². The van der Waals surface area contributed by atoms with Crippen molar-refractivity contribution in [1.82, 2.24) is 9.21 Å². The highest BCUT2D eigenvalue weighted by molar-refractivity contribution is 7.89. The van der Waals surface area contributed by atoms with Gasteiger partial charge in [0, 0.05) is 25.2 Å².